The molecule has 162 valence electrons. The highest BCUT2D eigenvalue weighted by Crippen LogP contribution is 2.20. The lowest BCUT2D eigenvalue weighted by molar-refractivity contribution is 0.102. The zero-order chi connectivity index (χ0) is 22.3. The van der Waals surface area contributed by atoms with Crippen molar-refractivity contribution in [1.82, 2.24) is 15.1 Å². The summed E-state index contributed by atoms with van der Waals surface area (Å²) in [6.07, 6.45) is 1.41. The maximum Gasteiger partial charge on any atom is 0.264 e. The zero-order valence-corrected chi connectivity index (χ0v) is 17.1. The van der Waals surface area contributed by atoms with E-state index in [4.69, 9.17) is 14.0 Å². The first-order valence-electron chi connectivity index (χ1n) is 9.72. The first-order chi connectivity index (χ1) is 15.5. The number of amides is 1. The summed E-state index contributed by atoms with van der Waals surface area (Å²) in [7, 11) is 0. The molecule has 9 heteroatoms. The number of nitrogens with one attached hydrogen (secondary N) is 1. The van der Waals surface area contributed by atoms with Gasteiger partial charge in [-0.1, -0.05) is 23.4 Å². The van der Waals surface area contributed by atoms with Crippen LogP contribution in [-0.4, -0.2) is 21.0 Å². The number of halogens is 1. The first-order valence-corrected chi connectivity index (χ1v) is 9.72. The molecule has 0 radical (unpaired) electrons. The summed E-state index contributed by atoms with van der Waals surface area (Å²) in [4.78, 5) is 20.7. The average Bonchev–Trinajstić information content (AvgIpc) is 3.22. The second-order valence-corrected chi connectivity index (χ2v) is 6.81. The summed E-state index contributed by atoms with van der Waals surface area (Å²) in [5.41, 5.74) is 1.62. The predicted molar refractivity (Wildman–Crippen MR) is 113 cm³/mol. The topological polar surface area (TPSA) is 99.4 Å². The number of hydrogen-bond donors (Lipinski definition) is 1. The molecule has 4 aromatic rings. The van der Waals surface area contributed by atoms with Gasteiger partial charge in [-0.2, -0.15) is 4.98 Å². The van der Waals surface area contributed by atoms with Crippen molar-refractivity contribution < 1.29 is 23.2 Å². The van der Waals surface area contributed by atoms with Crippen molar-refractivity contribution in [2.24, 2.45) is 0 Å². The monoisotopic (exact) mass is 434 g/mol. The van der Waals surface area contributed by atoms with Crippen LogP contribution in [0.3, 0.4) is 0 Å². The lowest BCUT2D eigenvalue weighted by Gasteiger charge is -2.10. The van der Waals surface area contributed by atoms with Gasteiger partial charge in [0.15, 0.2) is 12.4 Å². The third kappa shape index (κ3) is 5.66. The van der Waals surface area contributed by atoms with Crippen LogP contribution < -0.4 is 14.8 Å². The van der Waals surface area contributed by atoms with Gasteiger partial charge in [-0.25, -0.2) is 9.37 Å². The van der Waals surface area contributed by atoms with Gasteiger partial charge >= 0.3 is 0 Å². The molecule has 2 heterocycles. The normalized spacial score (nSPS) is 10.6. The molecule has 0 aliphatic heterocycles. The second-order valence-electron chi connectivity index (χ2n) is 6.81. The zero-order valence-electron chi connectivity index (χ0n) is 17.1. The number of rotatable bonds is 8. The molecule has 2 aromatic carbocycles. The number of pyridine rings is 1. The van der Waals surface area contributed by atoms with Crippen LogP contribution in [0.2, 0.25) is 0 Å². The van der Waals surface area contributed by atoms with Gasteiger partial charge in [-0.3, -0.25) is 4.79 Å². The van der Waals surface area contributed by atoms with E-state index in [1.807, 2.05) is 0 Å². The SMILES string of the molecule is Cc1noc(COc2ccc(C(=O)Nc3cccc(OCc4cccc(F)c4)c3)cn2)n1. The molecule has 0 saturated heterocycles. The smallest absolute Gasteiger partial charge is 0.264 e. The molecule has 0 atom stereocenters. The number of carbonyl (C=O) groups excluding carboxylic acids is 1. The fraction of sp³-hybridized carbons (Fsp3) is 0.130. The van der Waals surface area contributed by atoms with Crippen molar-refractivity contribution in [3.8, 4) is 11.6 Å². The van der Waals surface area contributed by atoms with E-state index < -0.39 is 0 Å². The molecule has 32 heavy (non-hydrogen) atoms. The van der Waals surface area contributed by atoms with E-state index in [0.29, 0.717) is 40.2 Å². The van der Waals surface area contributed by atoms with E-state index >= 15 is 0 Å². The lowest BCUT2D eigenvalue weighted by Crippen LogP contribution is -2.12. The van der Waals surface area contributed by atoms with Crippen molar-refractivity contribution in [2.75, 3.05) is 5.32 Å². The molecule has 0 unspecified atom stereocenters. The van der Waals surface area contributed by atoms with Gasteiger partial charge in [0.2, 0.25) is 5.88 Å². The van der Waals surface area contributed by atoms with Gasteiger partial charge in [0.1, 0.15) is 18.2 Å². The molecule has 0 spiro atoms. The van der Waals surface area contributed by atoms with Crippen LogP contribution in [0.1, 0.15) is 27.6 Å². The number of aryl methyl sites for hydroxylation is 1. The van der Waals surface area contributed by atoms with E-state index in [-0.39, 0.29) is 24.9 Å². The molecule has 0 aliphatic carbocycles. The minimum atomic E-state index is -0.334. The fourth-order valence-electron chi connectivity index (χ4n) is 2.79. The van der Waals surface area contributed by atoms with Crippen LogP contribution >= 0.6 is 0 Å². The summed E-state index contributed by atoms with van der Waals surface area (Å²) >= 11 is 0. The van der Waals surface area contributed by atoms with Gasteiger partial charge in [0.25, 0.3) is 11.8 Å². The summed E-state index contributed by atoms with van der Waals surface area (Å²) in [6.45, 7) is 2.01. The number of ether oxygens (including phenoxy) is 2. The molecular weight excluding hydrogens is 415 g/mol. The van der Waals surface area contributed by atoms with Crippen LogP contribution in [0, 0.1) is 12.7 Å². The number of carbonyl (C=O) groups is 1. The number of anilines is 1. The number of benzene rings is 2. The number of nitrogens with zero attached hydrogens (tertiary/aromatic N) is 3. The minimum absolute atomic E-state index is 0.0851. The van der Waals surface area contributed by atoms with Gasteiger partial charge < -0.3 is 19.3 Å². The van der Waals surface area contributed by atoms with Gasteiger partial charge in [-0.15, -0.1) is 0 Å². The Bertz CT molecular complexity index is 1210. The fourth-order valence-corrected chi connectivity index (χ4v) is 2.79. The van der Waals surface area contributed by atoms with E-state index in [1.54, 1.807) is 55.5 Å². The summed E-state index contributed by atoms with van der Waals surface area (Å²) in [5, 5.41) is 6.47. The highest BCUT2D eigenvalue weighted by molar-refractivity contribution is 6.04. The largest absolute Gasteiger partial charge is 0.489 e. The molecule has 0 bridgehead atoms. The summed E-state index contributed by atoms with van der Waals surface area (Å²) in [6, 6.07) is 16.3. The van der Waals surface area contributed by atoms with E-state index in [0.717, 1.165) is 0 Å². The standard InChI is InChI=1S/C23H19FN4O4/c1-15-26-22(32-28-15)14-31-21-9-8-17(12-25-21)23(29)27-19-6-3-7-20(11-19)30-13-16-4-2-5-18(24)10-16/h2-12H,13-14H2,1H3,(H,27,29). The third-order valence-electron chi connectivity index (χ3n) is 4.30. The number of hydrogen-bond acceptors (Lipinski definition) is 7. The van der Waals surface area contributed by atoms with E-state index in [9.17, 15) is 9.18 Å². The Balaban J connectivity index is 1.32. The quantitative estimate of drug-likeness (QED) is 0.441. The first kappa shape index (κ1) is 21.0. The maximum atomic E-state index is 13.3. The lowest BCUT2D eigenvalue weighted by atomic mass is 10.2. The van der Waals surface area contributed by atoms with Gasteiger partial charge in [0.05, 0.1) is 5.56 Å². The van der Waals surface area contributed by atoms with Crippen LogP contribution in [0.4, 0.5) is 10.1 Å². The van der Waals surface area contributed by atoms with Crippen molar-refractivity contribution in [1.29, 1.82) is 0 Å². The molecular formula is C23H19FN4O4. The van der Waals surface area contributed by atoms with Crippen LogP contribution in [0.5, 0.6) is 11.6 Å². The molecule has 0 aliphatic rings. The van der Waals surface area contributed by atoms with Crippen molar-refractivity contribution in [2.45, 2.75) is 20.1 Å². The van der Waals surface area contributed by atoms with Crippen molar-refractivity contribution >= 4 is 11.6 Å². The van der Waals surface area contributed by atoms with Crippen LogP contribution in [0.15, 0.2) is 71.4 Å². The van der Waals surface area contributed by atoms with Crippen LogP contribution in [0.25, 0.3) is 0 Å². The highest BCUT2D eigenvalue weighted by atomic mass is 19.1. The molecule has 1 amide bonds. The minimum Gasteiger partial charge on any atom is -0.489 e. The molecule has 2 aromatic heterocycles. The van der Waals surface area contributed by atoms with Crippen molar-refractivity contribution in [3.05, 3.63) is 95.5 Å². The van der Waals surface area contributed by atoms with E-state index in [2.05, 4.69) is 20.4 Å². The second kappa shape index (κ2) is 9.69. The van der Waals surface area contributed by atoms with Crippen LogP contribution in [-0.2, 0) is 13.2 Å². The maximum absolute atomic E-state index is 13.3. The third-order valence-corrected chi connectivity index (χ3v) is 4.30. The Kier molecular flexibility index (Phi) is 6.35. The molecule has 0 fully saturated rings. The van der Waals surface area contributed by atoms with Gasteiger partial charge in [0, 0.05) is 24.0 Å². The Labute approximate surface area is 183 Å². The molecule has 0 saturated carbocycles. The van der Waals surface area contributed by atoms with E-state index in [1.165, 1.54) is 18.3 Å². The molecule has 1 N–H and O–H groups in total. The Morgan fingerprint density at radius 2 is 1.94 bits per heavy atom. The molecule has 4 rings (SSSR count). The highest BCUT2D eigenvalue weighted by Gasteiger charge is 2.09. The predicted octanol–water partition coefficient (Wildman–Crippen LogP) is 4.32. The summed E-state index contributed by atoms with van der Waals surface area (Å²) < 4.78 is 29.4. The Morgan fingerprint density at radius 1 is 1.06 bits per heavy atom. The Morgan fingerprint density at radius 3 is 2.69 bits per heavy atom. The summed E-state index contributed by atoms with van der Waals surface area (Å²) in [5.74, 6) is 1.08. The number of aromatic nitrogens is 3. The Hall–Kier alpha value is -4.27. The molecule has 8 nitrogen and oxygen atoms in total. The average molecular weight is 434 g/mol. The van der Waals surface area contributed by atoms with Crippen molar-refractivity contribution in [3.63, 3.8) is 0 Å². The van der Waals surface area contributed by atoms with Gasteiger partial charge in [-0.05, 0) is 42.8 Å².